The highest BCUT2D eigenvalue weighted by molar-refractivity contribution is 7.46. The zero-order valence-electron chi connectivity index (χ0n) is 26.6. The molecule has 1 atom stereocenters. The van der Waals surface area contributed by atoms with Crippen LogP contribution in [0.15, 0.2) is 24.3 Å². The van der Waals surface area contributed by atoms with Gasteiger partial charge in [-0.15, -0.1) is 0 Å². The van der Waals surface area contributed by atoms with Crippen LogP contribution in [0.5, 0.6) is 0 Å². The SMILES string of the molecule is CCCCC/C=C\CCCCCCCC(=O)OCC(COP(=O)(O)O)OC(=O)CCCCCCC/C=C\CCCCC. The molecule has 0 aromatic rings. The number of allylic oxidation sites excluding steroid dienone is 4. The number of hydrogen-bond acceptors (Lipinski definition) is 6. The van der Waals surface area contributed by atoms with Gasteiger partial charge in [-0.3, -0.25) is 14.1 Å². The van der Waals surface area contributed by atoms with Crippen LogP contribution in [-0.4, -0.2) is 41.0 Å². The smallest absolute Gasteiger partial charge is 0.462 e. The van der Waals surface area contributed by atoms with Gasteiger partial charge in [-0.1, -0.05) is 102 Å². The summed E-state index contributed by atoms with van der Waals surface area (Å²) in [5.74, 6) is -0.908. The molecule has 1 unspecified atom stereocenters. The van der Waals surface area contributed by atoms with Gasteiger partial charge in [0.05, 0.1) is 6.61 Å². The van der Waals surface area contributed by atoms with Crippen molar-refractivity contribution >= 4 is 19.8 Å². The Kier molecular flexibility index (Phi) is 28.6. The summed E-state index contributed by atoms with van der Waals surface area (Å²) in [5.41, 5.74) is 0. The molecule has 0 spiro atoms. The van der Waals surface area contributed by atoms with Crippen molar-refractivity contribution in [2.75, 3.05) is 13.2 Å². The third-order valence-electron chi connectivity index (χ3n) is 6.94. The van der Waals surface area contributed by atoms with E-state index in [-0.39, 0.29) is 19.4 Å². The Morgan fingerprint density at radius 3 is 1.45 bits per heavy atom. The molecular formula is C33H61O8P. The summed E-state index contributed by atoms with van der Waals surface area (Å²) in [6.07, 6.45) is 30.4. The van der Waals surface area contributed by atoms with Gasteiger partial charge in [-0.2, -0.15) is 0 Å². The Bertz CT molecular complexity index is 746. The molecule has 0 saturated heterocycles. The average Bonchev–Trinajstić information content (AvgIpc) is 2.95. The second-order valence-electron chi connectivity index (χ2n) is 11.1. The quantitative estimate of drug-likeness (QED) is 0.0355. The molecule has 0 heterocycles. The fourth-order valence-electron chi connectivity index (χ4n) is 4.42. The van der Waals surface area contributed by atoms with Crippen LogP contribution in [0.1, 0.15) is 155 Å². The van der Waals surface area contributed by atoms with Gasteiger partial charge in [0.2, 0.25) is 0 Å². The van der Waals surface area contributed by atoms with Crippen molar-refractivity contribution in [2.24, 2.45) is 0 Å². The van der Waals surface area contributed by atoms with Crippen LogP contribution in [0.4, 0.5) is 0 Å². The third kappa shape index (κ3) is 31.5. The maximum Gasteiger partial charge on any atom is 0.469 e. The fourth-order valence-corrected chi connectivity index (χ4v) is 4.78. The van der Waals surface area contributed by atoms with E-state index in [1.807, 2.05) is 0 Å². The van der Waals surface area contributed by atoms with E-state index in [4.69, 9.17) is 19.3 Å². The van der Waals surface area contributed by atoms with Gasteiger partial charge >= 0.3 is 19.8 Å². The Morgan fingerprint density at radius 2 is 1.00 bits per heavy atom. The van der Waals surface area contributed by atoms with Crippen molar-refractivity contribution in [3.63, 3.8) is 0 Å². The monoisotopic (exact) mass is 616 g/mol. The molecule has 0 amide bonds. The van der Waals surface area contributed by atoms with E-state index >= 15 is 0 Å². The first-order valence-corrected chi connectivity index (χ1v) is 18.2. The molecule has 0 aromatic carbocycles. The summed E-state index contributed by atoms with van der Waals surface area (Å²) < 4.78 is 26.2. The van der Waals surface area contributed by atoms with Gasteiger partial charge in [0.1, 0.15) is 6.61 Å². The molecule has 0 aliphatic rings. The van der Waals surface area contributed by atoms with Crippen LogP contribution in [0, 0.1) is 0 Å². The standard InChI is InChI=1S/C33H61O8P/c1-3-5-7-9-11-13-15-17-19-21-23-25-27-32(34)39-29-31(30-40-42(36,37)38)41-33(35)28-26-24-22-20-18-16-14-12-10-8-6-4-2/h11-14,31H,3-10,15-30H2,1-2H3,(H2,36,37,38)/b13-11-,14-12-. The van der Waals surface area contributed by atoms with Crippen molar-refractivity contribution in [1.82, 2.24) is 0 Å². The first kappa shape index (κ1) is 40.5. The van der Waals surface area contributed by atoms with Crippen LogP contribution in [0.3, 0.4) is 0 Å². The number of phosphoric ester groups is 1. The molecule has 0 rings (SSSR count). The maximum absolute atomic E-state index is 12.3. The van der Waals surface area contributed by atoms with Gasteiger partial charge in [0.15, 0.2) is 6.10 Å². The van der Waals surface area contributed by atoms with Crippen LogP contribution >= 0.6 is 7.82 Å². The minimum Gasteiger partial charge on any atom is -0.462 e. The van der Waals surface area contributed by atoms with Gasteiger partial charge in [0.25, 0.3) is 0 Å². The topological polar surface area (TPSA) is 119 Å². The molecule has 8 nitrogen and oxygen atoms in total. The number of carbonyl (C=O) groups is 2. The Balaban J connectivity index is 4.05. The molecule has 0 bridgehead atoms. The number of esters is 2. The second-order valence-corrected chi connectivity index (χ2v) is 12.4. The molecular weight excluding hydrogens is 555 g/mol. The lowest BCUT2D eigenvalue weighted by atomic mass is 10.1. The van der Waals surface area contributed by atoms with E-state index in [1.54, 1.807) is 0 Å². The average molecular weight is 617 g/mol. The maximum atomic E-state index is 12.3. The van der Waals surface area contributed by atoms with Crippen molar-refractivity contribution in [2.45, 2.75) is 161 Å². The molecule has 0 fully saturated rings. The predicted molar refractivity (Wildman–Crippen MR) is 170 cm³/mol. The lowest BCUT2D eigenvalue weighted by molar-refractivity contribution is -0.161. The summed E-state index contributed by atoms with van der Waals surface area (Å²) in [5, 5.41) is 0. The highest BCUT2D eigenvalue weighted by Crippen LogP contribution is 2.35. The lowest BCUT2D eigenvalue weighted by Crippen LogP contribution is -2.29. The highest BCUT2D eigenvalue weighted by atomic mass is 31.2. The minimum atomic E-state index is -4.74. The number of hydrogen-bond donors (Lipinski definition) is 2. The highest BCUT2D eigenvalue weighted by Gasteiger charge is 2.22. The van der Waals surface area contributed by atoms with Crippen molar-refractivity contribution in [3.05, 3.63) is 24.3 Å². The molecule has 0 aromatic heterocycles. The summed E-state index contributed by atoms with van der Waals surface area (Å²) in [4.78, 5) is 42.5. The number of carbonyl (C=O) groups excluding carboxylic acids is 2. The van der Waals surface area contributed by atoms with Crippen LogP contribution in [0.25, 0.3) is 0 Å². The number of unbranched alkanes of at least 4 members (excludes halogenated alkanes) is 16. The first-order valence-electron chi connectivity index (χ1n) is 16.6. The molecule has 0 saturated carbocycles. The molecule has 9 heteroatoms. The first-order chi connectivity index (χ1) is 20.3. The Hall–Kier alpha value is -1.47. The zero-order chi connectivity index (χ0) is 31.2. The van der Waals surface area contributed by atoms with E-state index in [0.29, 0.717) is 12.8 Å². The summed E-state index contributed by atoms with van der Waals surface area (Å²) in [6, 6.07) is 0. The number of rotatable bonds is 30. The lowest BCUT2D eigenvalue weighted by Gasteiger charge is -2.18. The van der Waals surface area contributed by atoms with Crippen molar-refractivity contribution in [1.29, 1.82) is 0 Å². The minimum absolute atomic E-state index is 0.201. The van der Waals surface area contributed by atoms with E-state index in [2.05, 4.69) is 42.7 Å². The van der Waals surface area contributed by atoms with Crippen molar-refractivity contribution in [3.8, 4) is 0 Å². The summed E-state index contributed by atoms with van der Waals surface area (Å²) >= 11 is 0. The van der Waals surface area contributed by atoms with Gasteiger partial charge in [-0.25, -0.2) is 4.57 Å². The number of ether oxygens (including phenoxy) is 2. The molecule has 42 heavy (non-hydrogen) atoms. The van der Waals surface area contributed by atoms with Gasteiger partial charge in [-0.05, 0) is 64.2 Å². The molecule has 0 aliphatic heterocycles. The van der Waals surface area contributed by atoms with E-state index in [9.17, 15) is 14.2 Å². The fraction of sp³-hybridized carbons (Fsp3) is 0.818. The van der Waals surface area contributed by atoms with Crippen molar-refractivity contribution < 1.29 is 37.9 Å². The molecule has 2 N–H and O–H groups in total. The summed E-state index contributed by atoms with van der Waals surface area (Å²) in [7, 11) is -4.74. The van der Waals surface area contributed by atoms with Crippen LogP contribution in [0.2, 0.25) is 0 Å². The third-order valence-corrected chi connectivity index (χ3v) is 7.43. The van der Waals surface area contributed by atoms with Gasteiger partial charge in [0, 0.05) is 12.8 Å². The molecule has 0 aliphatic carbocycles. The largest absolute Gasteiger partial charge is 0.469 e. The van der Waals surface area contributed by atoms with Crippen LogP contribution in [-0.2, 0) is 28.2 Å². The van der Waals surface area contributed by atoms with Gasteiger partial charge < -0.3 is 19.3 Å². The zero-order valence-corrected chi connectivity index (χ0v) is 27.5. The predicted octanol–water partition coefficient (Wildman–Crippen LogP) is 9.29. The van der Waals surface area contributed by atoms with E-state index < -0.39 is 32.5 Å². The summed E-state index contributed by atoms with van der Waals surface area (Å²) in [6.45, 7) is 3.59. The van der Waals surface area contributed by atoms with E-state index in [1.165, 1.54) is 44.9 Å². The van der Waals surface area contributed by atoms with E-state index in [0.717, 1.165) is 70.6 Å². The normalized spacial score (nSPS) is 12.8. The van der Waals surface area contributed by atoms with Crippen LogP contribution < -0.4 is 0 Å². The number of phosphoric acid groups is 1. The molecule has 0 radical (unpaired) electrons. The second kappa shape index (κ2) is 29.6. The Labute approximate surface area is 256 Å². The Morgan fingerprint density at radius 1 is 0.595 bits per heavy atom. The molecule has 246 valence electrons.